The summed E-state index contributed by atoms with van der Waals surface area (Å²) in [5, 5.41) is 3.33. The number of ether oxygens (including phenoxy) is 1. The van der Waals surface area contributed by atoms with Crippen LogP contribution in [0.25, 0.3) is 5.57 Å². The number of carbonyl (C=O) groups excluding carboxylic acids is 1. The highest BCUT2D eigenvalue weighted by molar-refractivity contribution is 5.71. The molecule has 0 radical (unpaired) electrons. The summed E-state index contributed by atoms with van der Waals surface area (Å²) in [5.41, 5.74) is 4.77. The fraction of sp³-hybridized carbons (Fsp3) is 0.375. The Kier molecular flexibility index (Phi) is 8.76. The second-order valence-electron chi connectivity index (χ2n) is 6.52. The number of carbonyl (C=O) groups is 1. The molecule has 1 fully saturated rings. The van der Waals surface area contributed by atoms with Crippen molar-refractivity contribution in [3.63, 3.8) is 0 Å². The van der Waals surface area contributed by atoms with Crippen molar-refractivity contribution in [1.29, 1.82) is 0 Å². The van der Waals surface area contributed by atoms with Crippen LogP contribution in [0.3, 0.4) is 0 Å². The Bertz CT molecular complexity index is 744. The SMILES string of the molecule is C=C/C=C\C(=C/C)C1CN(Cc2ccc(C3=CCNCC3)cc2)C(=O)O1.CC. The molecule has 1 atom stereocenters. The molecule has 4 heteroatoms. The lowest BCUT2D eigenvalue weighted by atomic mass is 9.99. The van der Waals surface area contributed by atoms with Crippen molar-refractivity contribution >= 4 is 11.7 Å². The van der Waals surface area contributed by atoms with E-state index < -0.39 is 0 Å². The predicted octanol–water partition coefficient (Wildman–Crippen LogP) is 5.10. The maximum Gasteiger partial charge on any atom is 0.410 e. The number of cyclic esters (lactones) is 1. The van der Waals surface area contributed by atoms with Crippen molar-refractivity contribution in [2.24, 2.45) is 0 Å². The van der Waals surface area contributed by atoms with Gasteiger partial charge in [0.2, 0.25) is 0 Å². The smallest absolute Gasteiger partial charge is 0.410 e. The van der Waals surface area contributed by atoms with Crippen molar-refractivity contribution in [2.45, 2.75) is 39.8 Å². The first-order valence-electron chi connectivity index (χ1n) is 10.1. The van der Waals surface area contributed by atoms with Gasteiger partial charge in [-0.2, -0.15) is 0 Å². The number of hydrogen-bond acceptors (Lipinski definition) is 3. The van der Waals surface area contributed by atoms with E-state index in [-0.39, 0.29) is 12.2 Å². The first-order valence-corrected chi connectivity index (χ1v) is 10.1. The van der Waals surface area contributed by atoms with Crippen molar-refractivity contribution in [3.8, 4) is 0 Å². The van der Waals surface area contributed by atoms with Crippen molar-refractivity contribution in [2.75, 3.05) is 19.6 Å². The molecule has 28 heavy (non-hydrogen) atoms. The monoisotopic (exact) mass is 380 g/mol. The topological polar surface area (TPSA) is 41.6 Å². The van der Waals surface area contributed by atoms with Gasteiger partial charge in [0.15, 0.2) is 0 Å². The summed E-state index contributed by atoms with van der Waals surface area (Å²) in [6, 6.07) is 8.51. The van der Waals surface area contributed by atoms with Crippen molar-refractivity contribution < 1.29 is 9.53 Å². The summed E-state index contributed by atoms with van der Waals surface area (Å²) in [6.45, 7) is 12.7. The van der Waals surface area contributed by atoms with E-state index in [1.165, 1.54) is 11.1 Å². The molecule has 1 saturated heterocycles. The van der Waals surface area contributed by atoms with Gasteiger partial charge in [-0.1, -0.05) is 75.1 Å². The molecule has 2 heterocycles. The van der Waals surface area contributed by atoms with Crippen LogP contribution in [-0.2, 0) is 11.3 Å². The zero-order chi connectivity index (χ0) is 20.4. The van der Waals surface area contributed by atoms with Gasteiger partial charge in [0.05, 0.1) is 6.54 Å². The number of nitrogens with one attached hydrogen (secondary N) is 1. The van der Waals surface area contributed by atoms with E-state index in [9.17, 15) is 4.79 Å². The minimum atomic E-state index is -0.258. The molecule has 3 rings (SSSR count). The summed E-state index contributed by atoms with van der Waals surface area (Å²) in [4.78, 5) is 14.0. The maximum absolute atomic E-state index is 12.2. The quantitative estimate of drug-likeness (QED) is 0.698. The van der Waals surface area contributed by atoms with Gasteiger partial charge in [-0.3, -0.25) is 4.90 Å². The van der Waals surface area contributed by atoms with E-state index in [2.05, 4.69) is 42.2 Å². The Hall–Kier alpha value is -2.59. The number of amides is 1. The normalized spacial score (nSPS) is 19.8. The van der Waals surface area contributed by atoms with E-state index in [0.29, 0.717) is 13.1 Å². The Morgan fingerprint density at radius 1 is 1.32 bits per heavy atom. The van der Waals surface area contributed by atoms with Crippen LogP contribution in [0.5, 0.6) is 0 Å². The molecule has 2 aliphatic rings. The number of nitrogens with zero attached hydrogens (tertiary/aromatic N) is 1. The summed E-state index contributed by atoms with van der Waals surface area (Å²) in [7, 11) is 0. The summed E-state index contributed by atoms with van der Waals surface area (Å²) in [6.07, 6.45) is 10.3. The van der Waals surface area contributed by atoms with Gasteiger partial charge in [-0.25, -0.2) is 4.79 Å². The average Bonchev–Trinajstić information content (AvgIpc) is 3.11. The summed E-state index contributed by atoms with van der Waals surface area (Å²) >= 11 is 0. The van der Waals surface area contributed by atoms with Crippen LogP contribution >= 0.6 is 0 Å². The number of benzene rings is 1. The van der Waals surface area contributed by atoms with Gasteiger partial charge in [-0.15, -0.1) is 0 Å². The molecule has 1 aromatic rings. The molecule has 1 N–H and O–H groups in total. The zero-order valence-electron chi connectivity index (χ0n) is 17.3. The van der Waals surface area contributed by atoms with E-state index in [4.69, 9.17) is 4.74 Å². The van der Waals surface area contributed by atoms with Crippen LogP contribution in [0.4, 0.5) is 4.79 Å². The Labute approximate surface area is 169 Å². The van der Waals surface area contributed by atoms with E-state index >= 15 is 0 Å². The molecule has 0 aliphatic carbocycles. The highest BCUT2D eigenvalue weighted by Crippen LogP contribution is 2.23. The summed E-state index contributed by atoms with van der Waals surface area (Å²) in [5.74, 6) is 0. The van der Waals surface area contributed by atoms with Crippen LogP contribution in [-0.4, -0.2) is 36.7 Å². The molecule has 1 aromatic carbocycles. The second-order valence-corrected chi connectivity index (χ2v) is 6.52. The van der Waals surface area contributed by atoms with Crippen LogP contribution in [0, 0.1) is 0 Å². The molecular weight excluding hydrogens is 348 g/mol. The number of hydrogen-bond donors (Lipinski definition) is 1. The van der Waals surface area contributed by atoms with Gasteiger partial charge in [0, 0.05) is 13.1 Å². The molecule has 4 nitrogen and oxygen atoms in total. The lowest BCUT2D eigenvalue weighted by Crippen LogP contribution is -2.24. The molecule has 0 saturated carbocycles. The van der Waals surface area contributed by atoms with E-state index in [1.54, 1.807) is 11.0 Å². The highest BCUT2D eigenvalue weighted by Gasteiger charge is 2.32. The molecule has 0 aromatic heterocycles. The fourth-order valence-electron chi connectivity index (χ4n) is 3.31. The van der Waals surface area contributed by atoms with Gasteiger partial charge in [0.25, 0.3) is 0 Å². The van der Waals surface area contributed by atoms with Crippen molar-refractivity contribution in [3.05, 3.63) is 77.9 Å². The minimum Gasteiger partial charge on any atom is -0.439 e. The van der Waals surface area contributed by atoms with Gasteiger partial charge in [-0.05, 0) is 42.2 Å². The average molecular weight is 381 g/mol. The first kappa shape index (κ1) is 21.7. The van der Waals surface area contributed by atoms with Crippen LogP contribution in [0.1, 0.15) is 38.3 Å². The minimum absolute atomic E-state index is 0.220. The lowest BCUT2D eigenvalue weighted by Gasteiger charge is -2.16. The van der Waals surface area contributed by atoms with E-state index in [0.717, 1.165) is 30.6 Å². The van der Waals surface area contributed by atoms with Crippen LogP contribution in [0.15, 0.2) is 66.8 Å². The Morgan fingerprint density at radius 2 is 2.07 bits per heavy atom. The van der Waals surface area contributed by atoms with Crippen LogP contribution in [0.2, 0.25) is 0 Å². The Balaban J connectivity index is 0.00000136. The first-order chi connectivity index (χ1) is 13.7. The second kappa shape index (κ2) is 11.3. The zero-order valence-corrected chi connectivity index (χ0v) is 17.3. The standard InChI is InChI=1S/C22H26N2O2.C2H6/c1-3-5-6-18(4-2)21-16-24(22(25)26-21)15-17-7-9-19(10-8-17)20-11-13-23-14-12-20;1-2/h3-11,21,23H,1,12-16H2,2H3;1-2H3/b6-5-,18-4+;. The van der Waals surface area contributed by atoms with Gasteiger partial charge in [0.1, 0.15) is 6.10 Å². The van der Waals surface area contributed by atoms with E-state index in [1.807, 2.05) is 39.0 Å². The van der Waals surface area contributed by atoms with Gasteiger partial charge < -0.3 is 10.1 Å². The predicted molar refractivity (Wildman–Crippen MR) is 117 cm³/mol. The molecule has 0 bridgehead atoms. The van der Waals surface area contributed by atoms with Crippen LogP contribution < -0.4 is 5.32 Å². The fourth-order valence-corrected chi connectivity index (χ4v) is 3.31. The third-order valence-electron chi connectivity index (χ3n) is 4.78. The molecule has 0 spiro atoms. The molecular formula is C24H32N2O2. The number of allylic oxidation sites excluding steroid dienone is 3. The van der Waals surface area contributed by atoms with Crippen molar-refractivity contribution in [1.82, 2.24) is 10.2 Å². The highest BCUT2D eigenvalue weighted by atomic mass is 16.6. The molecule has 1 unspecified atom stereocenters. The molecule has 2 aliphatic heterocycles. The Morgan fingerprint density at radius 3 is 2.68 bits per heavy atom. The molecule has 1 amide bonds. The van der Waals surface area contributed by atoms with Gasteiger partial charge >= 0.3 is 6.09 Å². The summed E-state index contributed by atoms with van der Waals surface area (Å²) < 4.78 is 5.53. The third kappa shape index (κ3) is 5.70. The molecule has 150 valence electrons. The third-order valence-corrected chi connectivity index (χ3v) is 4.78. The number of rotatable bonds is 6. The maximum atomic E-state index is 12.2. The lowest BCUT2D eigenvalue weighted by molar-refractivity contribution is 0.142. The largest absolute Gasteiger partial charge is 0.439 e.